The molecular weight excluding hydrogens is 390 g/mol. The van der Waals surface area contributed by atoms with E-state index in [2.05, 4.69) is 15.2 Å². The average molecular weight is 413 g/mol. The molecular formula is C21H23N3O4S. The highest BCUT2D eigenvalue weighted by atomic mass is 32.2. The van der Waals surface area contributed by atoms with E-state index in [1.807, 2.05) is 19.9 Å². The molecule has 1 heterocycles. The molecule has 0 aliphatic rings. The number of carbonyl (C=O) groups excluding carboxylic acids is 1. The first kappa shape index (κ1) is 20.6. The van der Waals surface area contributed by atoms with Crippen LogP contribution in [0.4, 0.5) is 11.6 Å². The van der Waals surface area contributed by atoms with Gasteiger partial charge in [0.2, 0.25) is 11.8 Å². The Labute approximate surface area is 170 Å². The lowest BCUT2D eigenvalue weighted by atomic mass is 10.0. The monoisotopic (exact) mass is 413 g/mol. The van der Waals surface area contributed by atoms with Gasteiger partial charge in [0.25, 0.3) is 10.0 Å². The summed E-state index contributed by atoms with van der Waals surface area (Å²) in [5, 5.41) is 6.47. The minimum atomic E-state index is -3.82. The van der Waals surface area contributed by atoms with Crippen molar-refractivity contribution in [1.29, 1.82) is 0 Å². The third kappa shape index (κ3) is 4.32. The lowest BCUT2D eigenvalue weighted by Crippen LogP contribution is -2.14. The number of benzene rings is 2. The Morgan fingerprint density at radius 2 is 1.66 bits per heavy atom. The fraction of sp³-hybridized carbons (Fsp3) is 0.238. The van der Waals surface area contributed by atoms with Crippen LogP contribution in [-0.2, 0) is 14.8 Å². The van der Waals surface area contributed by atoms with E-state index < -0.39 is 10.0 Å². The Kier molecular flexibility index (Phi) is 5.48. The zero-order valence-corrected chi connectivity index (χ0v) is 17.8. The molecule has 0 fully saturated rings. The smallest absolute Gasteiger partial charge is 0.262 e. The molecule has 29 heavy (non-hydrogen) atoms. The zero-order chi connectivity index (χ0) is 21.3. The molecule has 3 rings (SSSR count). The Bertz CT molecular complexity index is 1200. The van der Waals surface area contributed by atoms with Gasteiger partial charge < -0.3 is 4.52 Å². The molecule has 0 aliphatic carbocycles. The first-order valence-electron chi connectivity index (χ1n) is 9.03. The predicted molar refractivity (Wildman–Crippen MR) is 112 cm³/mol. The summed E-state index contributed by atoms with van der Waals surface area (Å²) in [6.07, 6.45) is 0. The van der Waals surface area contributed by atoms with Gasteiger partial charge in [-0.3, -0.25) is 14.8 Å². The van der Waals surface area contributed by atoms with Crippen LogP contribution in [0.1, 0.15) is 29.3 Å². The van der Waals surface area contributed by atoms with Crippen LogP contribution in [0.3, 0.4) is 0 Å². The van der Waals surface area contributed by atoms with Gasteiger partial charge in [0, 0.05) is 12.6 Å². The Hall–Kier alpha value is -3.13. The van der Waals surface area contributed by atoms with Crippen molar-refractivity contribution in [1.82, 2.24) is 5.16 Å². The van der Waals surface area contributed by atoms with E-state index in [0.29, 0.717) is 28.1 Å². The van der Waals surface area contributed by atoms with Gasteiger partial charge in [-0.2, -0.15) is 0 Å². The second-order valence-corrected chi connectivity index (χ2v) is 8.69. The lowest BCUT2D eigenvalue weighted by molar-refractivity contribution is -0.114. The summed E-state index contributed by atoms with van der Waals surface area (Å²) in [7, 11) is -3.82. The van der Waals surface area contributed by atoms with E-state index in [0.717, 1.165) is 11.1 Å². The second kappa shape index (κ2) is 7.71. The molecule has 0 aliphatic heterocycles. The summed E-state index contributed by atoms with van der Waals surface area (Å²) in [6.45, 7) is 8.71. The molecule has 0 spiro atoms. The number of nitrogens with zero attached hydrogens (tertiary/aromatic N) is 1. The van der Waals surface area contributed by atoms with Gasteiger partial charge in [0.1, 0.15) is 0 Å². The summed E-state index contributed by atoms with van der Waals surface area (Å²) in [6, 6.07) is 10.5. The summed E-state index contributed by atoms with van der Waals surface area (Å²) in [4.78, 5) is 11.6. The molecule has 0 bridgehead atoms. The van der Waals surface area contributed by atoms with E-state index in [1.165, 1.54) is 6.92 Å². The molecule has 0 saturated heterocycles. The van der Waals surface area contributed by atoms with Gasteiger partial charge in [0.15, 0.2) is 0 Å². The normalized spacial score (nSPS) is 11.3. The molecule has 0 atom stereocenters. The van der Waals surface area contributed by atoms with E-state index in [-0.39, 0.29) is 16.7 Å². The van der Waals surface area contributed by atoms with Gasteiger partial charge in [-0.25, -0.2) is 8.42 Å². The highest BCUT2D eigenvalue weighted by Gasteiger charge is 2.22. The van der Waals surface area contributed by atoms with Crippen molar-refractivity contribution in [2.24, 2.45) is 0 Å². The third-order valence-corrected chi connectivity index (χ3v) is 6.20. The molecule has 0 radical (unpaired) electrons. The van der Waals surface area contributed by atoms with Crippen LogP contribution in [0.15, 0.2) is 45.8 Å². The number of nitrogens with one attached hydrogen (secondary N) is 2. The van der Waals surface area contributed by atoms with Crippen molar-refractivity contribution in [3.05, 3.63) is 58.8 Å². The Morgan fingerprint density at radius 1 is 0.966 bits per heavy atom. The fourth-order valence-corrected chi connectivity index (χ4v) is 4.34. The van der Waals surface area contributed by atoms with Crippen LogP contribution in [0.2, 0.25) is 0 Å². The maximum atomic E-state index is 13.1. The number of hydrogen-bond acceptors (Lipinski definition) is 5. The topological polar surface area (TPSA) is 101 Å². The number of rotatable bonds is 5. The zero-order valence-electron chi connectivity index (χ0n) is 17.0. The van der Waals surface area contributed by atoms with Gasteiger partial charge in [-0.15, -0.1) is 0 Å². The molecule has 7 nitrogen and oxygen atoms in total. The second-order valence-electron chi connectivity index (χ2n) is 7.04. The van der Waals surface area contributed by atoms with E-state index in [9.17, 15) is 13.2 Å². The first-order valence-corrected chi connectivity index (χ1v) is 10.5. The number of sulfonamides is 1. The van der Waals surface area contributed by atoms with Crippen molar-refractivity contribution in [3.8, 4) is 11.1 Å². The summed E-state index contributed by atoms with van der Waals surface area (Å²) < 4.78 is 34.0. The van der Waals surface area contributed by atoms with Crippen molar-refractivity contribution in [3.63, 3.8) is 0 Å². The number of carbonyl (C=O) groups is 1. The minimum Gasteiger partial charge on any atom is -0.337 e. The Morgan fingerprint density at radius 3 is 2.31 bits per heavy atom. The van der Waals surface area contributed by atoms with Gasteiger partial charge in [-0.05, 0) is 68.1 Å². The largest absolute Gasteiger partial charge is 0.337 e. The van der Waals surface area contributed by atoms with Crippen LogP contribution in [0.5, 0.6) is 0 Å². The van der Waals surface area contributed by atoms with Crippen LogP contribution in [0, 0.1) is 27.7 Å². The lowest BCUT2D eigenvalue weighted by Gasteiger charge is -2.13. The van der Waals surface area contributed by atoms with Gasteiger partial charge in [0.05, 0.1) is 16.2 Å². The minimum absolute atomic E-state index is 0.141. The van der Waals surface area contributed by atoms with Crippen LogP contribution < -0.4 is 10.0 Å². The quantitative estimate of drug-likeness (QED) is 0.648. The number of aromatic nitrogens is 1. The van der Waals surface area contributed by atoms with E-state index in [1.54, 1.807) is 44.2 Å². The maximum Gasteiger partial charge on any atom is 0.262 e. The van der Waals surface area contributed by atoms with Crippen LogP contribution in [0.25, 0.3) is 11.1 Å². The molecule has 0 saturated carbocycles. The van der Waals surface area contributed by atoms with Gasteiger partial charge in [-0.1, -0.05) is 23.4 Å². The van der Waals surface area contributed by atoms with Crippen molar-refractivity contribution in [2.75, 3.05) is 10.0 Å². The molecule has 1 aromatic heterocycles. The fourth-order valence-electron chi connectivity index (χ4n) is 3.02. The molecule has 0 unspecified atom stereocenters. The third-order valence-electron chi connectivity index (χ3n) is 4.68. The van der Waals surface area contributed by atoms with E-state index in [4.69, 9.17) is 4.52 Å². The molecule has 2 aromatic carbocycles. The molecule has 152 valence electrons. The summed E-state index contributed by atoms with van der Waals surface area (Å²) in [5.41, 5.74) is 4.85. The predicted octanol–water partition coefficient (Wildman–Crippen LogP) is 4.33. The molecule has 2 N–H and O–H groups in total. The Balaban J connectivity index is 2.04. The average Bonchev–Trinajstić information content (AvgIpc) is 2.98. The SMILES string of the molecule is CC(=O)Nc1onc(C)c1-c1ccc(C)c(S(=O)(=O)Nc2ccc(C)c(C)c2)c1. The van der Waals surface area contributed by atoms with Crippen LogP contribution >= 0.6 is 0 Å². The molecule has 1 amide bonds. The number of aryl methyl sites for hydroxylation is 4. The standard InChI is InChI=1S/C21H23N3O4S/c1-12-7-9-18(10-14(12)3)24-29(26,27)19-11-17(8-6-13(19)2)20-15(4)23-28-21(20)22-16(5)25/h6-11,24H,1-5H3,(H,22,25). The highest BCUT2D eigenvalue weighted by Crippen LogP contribution is 2.34. The van der Waals surface area contributed by atoms with Gasteiger partial charge >= 0.3 is 0 Å². The number of hydrogen-bond donors (Lipinski definition) is 2. The first-order chi connectivity index (χ1) is 13.6. The molecule has 8 heteroatoms. The van der Waals surface area contributed by atoms with Crippen molar-refractivity contribution < 1.29 is 17.7 Å². The number of anilines is 2. The maximum absolute atomic E-state index is 13.1. The van der Waals surface area contributed by atoms with Crippen LogP contribution in [-0.4, -0.2) is 19.5 Å². The van der Waals surface area contributed by atoms with Crippen molar-refractivity contribution in [2.45, 2.75) is 39.5 Å². The summed E-state index contributed by atoms with van der Waals surface area (Å²) >= 11 is 0. The number of amides is 1. The molecule has 3 aromatic rings. The van der Waals surface area contributed by atoms with E-state index >= 15 is 0 Å². The highest BCUT2D eigenvalue weighted by molar-refractivity contribution is 7.92. The van der Waals surface area contributed by atoms with Crippen molar-refractivity contribution >= 4 is 27.5 Å². The summed E-state index contributed by atoms with van der Waals surface area (Å²) in [5.74, 6) is -0.122.